The largest absolute Gasteiger partial charge is 0.399 e. The third kappa shape index (κ3) is 2.51. The van der Waals surface area contributed by atoms with E-state index in [1.54, 1.807) is 11.3 Å². The molecule has 3 rings (SSSR count). The Kier molecular flexibility index (Phi) is 3.05. The molecule has 0 aliphatic carbocycles. The van der Waals surface area contributed by atoms with E-state index in [4.69, 9.17) is 10.7 Å². The molecule has 19 heavy (non-hydrogen) atoms. The lowest BCUT2D eigenvalue weighted by atomic mass is 10.1. The number of nitrogens with zero attached hydrogens (tertiary/aromatic N) is 1. The van der Waals surface area contributed by atoms with E-state index in [2.05, 4.69) is 36.6 Å². The van der Waals surface area contributed by atoms with Crippen LogP contribution in [0.4, 0.5) is 5.69 Å². The lowest BCUT2D eigenvalue weighted by Crippen LogP contribution is -1.84. The van der Waals surface area contributed by atoms with Crippen LogP contribution in [0.3, 0.4) is 0 Å². The van der Waals surface area contributed by atoms with Gasteiger partial charge in [0.1, 0.15) is 5.01 Å². The van der Waals surface area contributed by atoms with Gasteiger partial charge in [-0.15, -0.1) is 11.3 Å². The molecule has 2 N–H and O–H groups in total. The van der Waals surface area contributed by atoms with E-state index in [1.807, 2.05) is 24.3 Å². The summed E-state index contributed by atoms with van der Waals surface area (Å²) >= 11 is 1.66. The fourth-order valence-corrected chi connectivity index (χ4v) is 2.80. The summed E-state index contributed by atoms with van der Waals surface area (Å²) in [6.45, 7) is 2.09. The number of anilines is 1. The number of nitrogens with two attached hydrogens (primary N) is 1. The molecule has 0 spiro atoms. The average Bonchev–Trinajstić information content (AvgIpc) is 2.89. The molecule has 0 bridgehead atoms. The molecule has 0 aliphatic heterocycles. The van der Waals surface area contributed by atoms with Gasteiger partial charge in [0.15, 0.2) is 0 Å². The topological polar surface area (TPSA) is 38.9 Å². The molecule has 0 aliphatic rings. The second-order valence-electron chi connectivity index (χ2n) is 4.53. The SMILES string of the molecule is Cc1cccc(-c2csc(-c3ccc(N)cc3)n2)c1. The molecule has 0 radical (unpaired) electrons. The zero-order valence-electron chi connectivity index (χ0n) is 10.6. The van der Waals surface area contributed by atoms with Crippen molar-refractivity contribution in [2.24, 2.45) is 0 Å². The number of aryl methyl sites for hydroxylation is 1. The van der Waals surface area contributed by atoms with Crippen LogP contribution < -0.4 is 5.73 Å². The van der Waals surface area contributed by atoms with Gasteiger partial charge in [-0.2, -0.15) is 0 Å². The van der Waals surface area contributed by atoms with Crippen LogP contribution in [0, 0.1) is 6.92 Å². The number of aromatic nitrogens is 1. The van der Waals surface area contributed by atoms with E-state index >= 15 is 0 Å². The van der Waals surface area contributed by atoms with E-state index in [0.29, 0.717) is 0 Å². The van der Waals surface area contributed by atoms with Crippen molar-refractivity contribution in [3.8, 4) is 21.8 Å². The number of hydrogen-bond acceptors (Lipinski definition) is 3. The third-order valence-electron chi connectivity index (χ3n) is 2.98. The summed E-state index contributed by atoms with van der Waals surface area (Å²) in [5, 5.41) is 3.12. The maximum absolute atomic E-state index is 5.70. The highest BCUT2D eigenvalue weighted by Crippen LogP contribution is 2.29. The Bertz CT molecular complexity index is 699. The Hall–Kier alpha value is -2.13. The Morgan fingerprint density at radius 3 is 2.53 bits per heavy atom. The molecule has 94 valence electrons. The summed E-state index contributed by atoms with van der Waals surface area (Å²) in [6.07, 6.45) is 0. The second kappa shape index (κ2) is 4.86. The number of hydrogen-bond donors (Lipinski definition) is 1. The van der Waals surface area contributed by atoms with Crippen LogP contribution in [0.1, 0.15) is 5.56 Å². The van der Waals surface area contributed by atoms with Gasteiger partial charge in [0.05, 0.1) is 5.69 Å². The van der Waals surface area contributed by atoms with Crippen molar-refractivity contribution in [3.63, 3.8) is 0 Å². The van der Waals surface area contributed by atoms with E-state index in [0.717, 1.165) is 27.5 Å². The molecule has 3 heteroatoms. The lowest BCUT2D eigenvalue weighted by molar-refractivity contribution is 1.38. The summed E-state index contributed by atoms with van der Waals surface area (Å²) in [5.41, 5.74) is 11.0. The Morgan fingerprint density at radius 2 is 1.79 bits per heavy atom. The first-order valence-electron chi connectivity index (χ1n) is 6.11. The van der Waals surface area contributed by atoms with E-state index in [9.17, 15) is 0 Å². The number of benzene rings is 2. The zero-order chi connectivity index (χ0) is 13.2. The van der Waals surface area contributed by atoms with Crippen LogP contribution in [0.5, 0.6) is 0 Å². The standard InChI is InChI=1S/C16H14N2S/c1-11-3-2-4-13(9-11)15-10-19-16(18-15)12-5-7-14(17)8-6-12/h2-10H,17H2,1H3. The first-order chi connectivity index (χ1) is 9.22. The van der Waals surface area contributed by atoms with Gasteiger partial charge >= 0.3 is 0 Å². The minimum absolute atomic E-state index is 0.777. The Morgan fingerprint density at radius 1 is 1.00 bits per heavy atom. The van der Waals surface area contributed by atoms with E-state index < -0.39 is 0 Å². The fraction of sp³-hybridized carbons (Fsp3) is 0.0625. The van der Waals surface area contributed by atoms with Gasteiger partial charge in [0, 0.05) is 22.2 Å². The van der Waals surface area contributed by atoms with Crippen LogP contribution in [0.2, 0.25) is 0 Å². The quantitative estimate of drug-likeness (QED) is 0.700. The van der Waals surface area contributed by atoms with E-state index in [1.165, 1.54) is 5.56 Å². The molecular formula is C16H14N2S. The first-order valence-corrected chi connectivity index (χ1v) is 6.99. The molecule has 0 amide bonds. The maximum Gasteiger partial charge on any atom is 0.124 e. The van der Waals surface area contributed by atoms with Crippen LogP contribution in [0.25, 0.3) is 21.8 Å². The molecule has 2 aromatic carbocycles. The van der Waals surface area contributed by atoms with Crippen molar-refractivity contribution in [3.05, 3.63) is 59.5 Å². The van der Waals surface area contributed by atoms with Crippen molar-refractivity contribution < 1.29 is 0 Å². The van der Waals surface area contributed by atoms with Crippen molar-refractivity contribution >= 4 is 17.0 Å². The number of nitrogen functional groups attached to an aromatic ring is 1. The summed E-state index contributed by atoms with van der Waals surface area (Å²) in [4.78, 5) is 4.70. The minimum atomic E-state index is 0.777. The highest BCUT2D eigenvalue weighted by molar-refractivity contribution is 7.13. The molecule has 0 atom stereocenters. The molecule has 0 unspecified atom stereocenters. The zero-order valence-corrected chi connectivity index (χ0v) is 11.4. The van der Waals surface area contributed by atoms with Gasteiger partial charge in [0.25, 0.3) is 0 Å². The fourth-order valence-electron chi connectivity index (χ4n) is 1.97. The number of rotatable bonds is 2. The van der Waals surface area contributed by atoms with Crippen LogP contribution in [0.15, 0.2) is 53.9 Å². The molecule has 0 fully saturated rings. The van der Waals surface area contributed by atoms with Crippen molar-refractivity contribution in [1.82, 2.24) is 4.98 Å². The molecule has 3 aromatic rings. The molecular weight excluding hydrogens is 252 g/mol. The lowest BCUT2D eigenvalue weighted by Gasteiger charge is -1.99. The molecule has 1 aromatic heterocycles. The average molecular weight is 266 g/mol. The van der Waals surface area contributed by atoms with Crippen molar-refractivity contribution in [2.45, 2.75) is 6.92 Å². The van der Waals surface area contributed by atoms with Gasteiger partial charge in [-0.3, -0.25) is 0 Å². The predicted octanol–water partition coefficient (Wildman–Crippen LogP) is 4.37. The summed E-state index contributed by atoms with van der Waals surface area (Å²) in [6, 6.07) is 16.2. The van der Waals surface area contributed by atoms with Crippen molar-refractivity contribution in [1.29, 1.82) is 0 Å². The minimum Gasteiger partial charge on any atom is -0.399 e. The van der Waals surface area contributed by atoms with Gasteiger partial charge in [0.2, 0.25) is 0 Å². The second-order valence-corrected chi connectivity index (χ2v) is 5.39. The predicted molar refractivity (Wildman–Crippen MR) is 82.1 cm³/mol. The van der Waals surface area contributed by atoms with E-state index in [-0.39, 0.29) is 0 Å². The van der Waals surface area contributed by atoms with Crippen LogP contribution in [-0.4, -0.2) is 4.98 Å². The highest BCUT2D eigenvalue weighted by atomic mass is 32.1. The first kappa shape index (κ1) is 11.9. The number of thiazole rings is 1. The van der Waals surface area contributed by atoms with Gasteiger partial charge in [-0.25, -0.2) is 4.98 Å². The summed E-state index contributed by atoms with van der Waals surface area (Å²) in [5.74, 6) is 0. The van der Waals surface area contributed by atoms with Gasteiger partial charge in [-0.1, -0.05) is 23.8 Å². The third-order valence-corrected chi connectivity index (χ3v) is 3.87. The van der Waals surface area contributed by atoms with Crippen LogP contribution in [-0.2, 0) is 0 Å². The molecule has 0 saturated heterocycles. The van der Waals surface area contributed by atoms with Crippen LogP contribution >= 0.6 is 11.3 Å². The summed E-state index contributed by atoms with van der Waals surface area (Å²) < 4.78 is 0. The van der Waals surface area contributed by atoms with Crippen molar-refractivity contribution in [2.75, 3.05) is 5.73 Å². The maximum atomic E-state index is 5.70. The molecule has 2 nitrogen and oxygen atoms in total. The highest BCUT2D eigenvalue weighted by Gasteiger charge is 2.06. The molecule has 1 heterocycles. The monoisotopic (exact) mass is 266 g/mol. The van der Waals surface area contributed by atoms with Gasteiger partial charge in [-0.05, 0) is 37.3 Å². The smallest absolute Gasteiger partial charge is 0.124 e. The molecule has 0 saturated carbocycles. The Labute approximate surface area is 116 Å². The van der Waals surface area contributed by atoms with Gasteiger partial charge < -0.3 is 5.73 Å². The Balaban J connectivity index is 1.97. The summed E-state index contributed by atoms with van der Waals surface area (Å²) in [7, 11) is 0. The normalized spacial score (nSPS) is 10.6.